The Hall–Kier alpha value is -2.24. The van der Waals surface area contributed by atoms with Gasteiger partial charge in [0, 0.05) is 37.6 Å². The molecule has 2 amide bonds. The van der Waals surface area contributed by atoms with E-state index in [0.29, 0.717) is 17.2 Å². The van der Waals surface area contributed by atoms with E-state index in [1.807, 2.05) is 23.1 Å². The Labute approximate surface area is 155 Å². The van der Waals surface area contributed by atoms with Gasteiger partial charge >= 0.3 is 0 Å². The Bertz CT molecular complexity index is 655. The maximum absolute atomic E-state index is 12.5. The van der Waals surface area contributed by atoms with Crippen LogP contribution in [0, 0.1) is 5.92 Å². The molecule has 1 atom stereocenters. The monoisotopic (exact) mass is 358 g/mol. The van der Waals surface area contributed by atoms with Crippen LogP contribution in [0.1, 0.15) is 49.4 Å². The van der Waals surface area contributed by atoms with Crippen molar-refractivity contribution in [1.29, 1.82) is 0 Å². The molecule has 2 saturated heterocycles. The Morgan fingerprint density at radius 3 is 2.62 bits per heavy atom. The molecule has 0 saturated carbocycles. The third-order valence-electron chi connectivity index (χ3n) is 5.43. The molecule has 0 radical (unpaired) electrons. The summed E-state index contributed by atoms with van der Waals surface area (Å²) < 4.78 is 0. The van der Waals surface area contributed by atoms with Crippen molar-refractivity contribution in [3.05, 3.63) is 23.8 Å². The second-order valence-corrected chi connectivity index (χ2v) is 7.58. The van der Waals surface area contributed by atoms with Gasteiger partial charge in [0.05, 0.1) is 12.1 Å². The number of carbonyl (C=O) groups is 2. The maximum atomic E-state index is 12.5. The highest BCUT2D eigenvalue weighted by Gasteiger charge is 2.21. The molecule has 2 heterocycles. The quantitative estimate of drug-likeness (QED) is 0.847. The van der Waals surface area contributed by atoms with Crippen molar-refractivity contribution >= 4 is 23.2 Å². The average Bonchev–Trinajstić information content (AvgIpc) is 2.66. The van der Waals surface area contributed by atoms with E-state index in [4.69, 9.17) is 5.73 Å². The molecule has 0 aromatic heterocycles. The van der Waals surface area contributed by atoms with E-state index in [9.17, 15) is 9.59 Å². The van der Waals surface area contributed by atoms with Crippen LogP contribution < -0.4 is 16.0 Å². The van der Waals surface area contributed by atoms with Crippen LogP contribution in [0.25, 0.3) is 0 Å². The standard InChI is InChI=1S/C20H30N4O2/c1-15-6-5-11-24(14-15)19(25)13-22-18-8-7-16(12-17(18)20(21)26)23-9-3-2-4-10-23/h7-8,12,15,22H,2-6,9-11,13-14H2,1H3,(H2,21,26). The number of anilines is 2. The molecule has 2 aliphatic rings. The van der Waals surface area contributed by atoms with E-state index in [2.05, 4.69) is 17.1 Å². The third-order valence-corrected chi connectivity index (χ3v) is 5.43. The fourth-order valence-electron chi connectivity index (χ4n) is 3.94. The minimum Gasteiger partial charge on any atom is -0.376 e. The topological polar surface area (TPSA) is 78.7 Å². The van der Waals surface area contributed by atoms with E-state index in [1.165, 1.54) is 25.7 Å². The largest absolute Gasteiger partial charge is 0.376 e. The van der Waals surface area contributed by atoms with Crippen molar-refractivity contribution in [2.45, 2.75) is 39.0 Å². The predicted molar refractivity (Wildman–Crippen MR) is 104 cm³/mol. The van der Waals surface area contributed by atoms with Gasteiger partial charge < -0.3 is 20.9 Å². The van der Waals surface area contributed by atoms with Gasteiger partial charge in [-0.05, 0) is 56.2 Å². The summed E-state index contributed by atoms with van der Waals surface area (Å²) in [7, 11) is 0. The van der Waals surface area contributed by atoms with Crippen molar-refractivity contribution in [2.75, 3.05) is 42.9 Å². The Morgan fingerprint density at radius 1 is 1.15 bits per heavy atom. The molecular weight excluding hydrogens is 328 g/mol. The highest BCUT2D eigenvalue weighted by atomic mass is 16.2. The van der Waals surface area contributed by atoms with E-state index >= 15 is 0 Å². The van der Waals surface area contributed by atoms with Crippen LogP contribution >= 0.6 is 0 Å². The summed E-state index contributed by atoms with van der Waals surface area (Å²) in [5, 5.41) is 3.13. The lowest BCUT2D eigenvalue weighted by Crippen LogP contribution is -2.42. The number of nitrogens with zero attached hydrogens (tertiary/aromatic N) is 2. The number of likely N-dealkylation sites (tertiary alicyclic amines) is 1. The summed E-state index contributed by atoms with van der Waals surface area (Å²) in [5.74, 6) is 0.162. The van der Waals surface area contributed by atoms with Gasteiger partial charge in [-0.1, -0.05) is 6.92 Å². The molecule has 0 spiro atoms. The molecule has 142 valence electrons. The molecule has 1 aromatic carbocycles. The van der Waals surface area contributed by atoms with Gasteiger partial charge in [0.15, 0.2) is 0 Å². The number of hydrogen-bond donors (Lipinski definition) is 2. The van der Waals surface area contributed by atoms with Gasteiger partial charge in [0.2, 0.25) is 5.91 Å². The Balaban J connectivity index is 1.66. The lowest BCUT2D eigenvalue weighted by molar-refractivity contribution is -0.130. The van der Waals surface area contributed by atoms with E-state index in [-0.39, 0.29) is 12.5 Å². The molecule has 26 heavy (non-hydrogen) atoms. The molecule has 1 unspecified atom stereocenters. The van der Waals surface area contributed by atoms with Crippen molar-refractivity contribution < 1.29 is 9.59 Å². The van der Waals surface area contributed by atoms with Gasteiger partial charge in [-0.2, -0.15) is 0 Å². The zero-order valence-corrected chi connectivity index (χ0v) is 15.7. The lowest BCUT2D eigenvalue weighted by atomic mass is 10.0. The molecule has 3 rings (SSSR count). The number of piperidine rings is 2. The van der Waals surface area contributed by atoms with Crippen LogP contribution in [-0.4, -0.2) is 49.4 Å². The number of rotatable bonds is 5. The molecule has 6 nitrogen and oxygen atoms in total. The molecule has 6 heteroatoms. The Kier molecular flexibility index (Phi) is 6.01. The number of amides is 2. The molecule has 0 aliphatic carbocycles. The smallest absolute Gasteiger partial charge is 0.250 e. The highest BCUT2D eigenvalue weighted by molar-refractivity contribution is 6.00. The summed E-state index contributed by atoms with van der Waals surface area (Å²) in [6.45, 7) is 6.03. The van der Waals surface area contributed by atoms with Crippen LogP contribution in [0.5, 0.6) is 0 Å². The Morgan fingerprint density at radius 2 is 1.92 bits per heavy atom. The second kappa shape index (κ2) is 8.43. The van der Waals surface area contributed by atoms with Crippen molar-refractivity contribution in [2.24, 2.45) is 11.7 Å². The number of hydrogen-bond acceptors (Lipinski definition) is 4. The number of nitrogens with two attached hydrogens (primary N) is 1. The number of nitrogens with one attached hydrogen (secondary N) is 1. The fourth-order valence-corrected chi connectivity index (χ4v) is 3.94. The van der Waals surface area contributed by atoms with Crippen molar-refractivity contribution in [3.8, 4) is 0 Å². The van der Waals surface area contributed by atoms with Crippen LogP contribution in [0.4, 0.5) is 11.4 Å². The van der Waals surface area contributed by atoms with Gasteiger partial charge in [-0.25, -0.2) is 0 Å². The van der Waals surface area contributed by atoms with E-state index in [0.717, 1.165) is 38.3 Å². The first kappa shape index (κ1) is 18.5. The molecule has 1 aromatic rings. The maximum Gasteiger partial charge on any atom is 0.250 e. The van der Waals surface area contributed by atoms with Gasteiger partial charge in [-0.3, -0.25) is 9.59 Å². The molecule has 0 bridgehead atoms. The summed E-state index contributed by atoms with van der Waals surface area (Å²) in [6, 6.07) is 5.73. The average molecular weight is 358 g/mol. The first-order chi connectivity index (χ1) is 12.5. The van der Waals surface area contributed by atoms with E-state index < -0.39 is 5.91 Å². The van der Waals surface area contributed by atoms with E-state index in [1.54, 1.807) is 0 Å². The third kappa shape index (κ3) is 4.48. The number of carbonyl (C=O) groups excluding carboxylic acids is 2. The molecule has 2 fully saturated rings. The summed E-state index contributed by atoms with van der Waals surface area (Å²) >= 11 is 0. The fraction of sp³-hybridized carbons (Fsp3) is 0.600. The normalized spacial score (nSPS) is 20.7. The number of primary amides is 1. The van der Waals surface area contributed by atoms with Gasteiger partial charge in [0.1, 0.15) is 0 Å². The highest BCUT2D eigenvalue weighted by Crippen LogP contribution is 2.26. The van der Waals surface area contributed by atoms with Gasteiger partial charge in [0.25, 0.3) is 5.91 Å². The minimum atomic E-state index is -0.467. The van der Waals surface area contributed by atoms with Gasteiger partial charge in [-0.15, -0.1) is 0 Å². The molecular formula is C20H30N4O2. The zero-order valence-electron chi connectivity index (χ0n) is 15.7. The molecule has 2 aliphatic heterocycles. The summed E-state index contributed by atoms with van der Waals surface area (Å²) in [5.41, 5.74) is 7.70. The van der Waals surface area contributed by atoms with Crippen LogP contribution in [0.3, 0.4) is 0 Å². The van der Waals surface area contributed by atoms with Crippen LogP contribution in [0.15, 0.2) is 18.2 Å². The first-order valence-corrected chi connectivity index (χ1v) is 9.75. The first-order valence-electron chi connectivity index (χ1n) is 9.75. The minimum absolute atomic E-state index is 0.0760. The SMILES string of the molecule is CC1CCCN(C(=O)CNc2ccc(N3CCCCC3)cc2C(N)=O)C1. The summed E-state index contributed by atoms with van der Waals surface area (Å²) in [4.78, 5) is 28.6. The lowest BCUT2D eigenvalue weighted by Gasteiger charge is -2.31. The van der Waals surface area contributed by atoms with Crippen LogP contribution in [0.2, 0.25) is 0 Å². The predicted octanol–water partition coefficient (Wildman–Crippen LogP) is 2.45. The molecule has 3 N–H and O–H groups in total. The van der Waals surface area contributed by atoms with Crippen LogP contribution in [-0.2, 0) is 4.79 Å². The van der Waals surface area contributed by atoms with Crippen molar-refractivity contribution in [1.82, 2.24) is 4.90 Å². The zero-order chi connectivity index (χ0) is 18.5. The number of benzene rings is 1. The van der Waals surface area contributed by atoms with Crippen molar-refractivity contribution in [3.63, 3.8) is 0 Å². The summed E-state index contributed by atoms with van der Waals surface area (Å²) in [6.07, 6.45) is 5.85. The second-order valence-electron chi connectivity index (χ2n) is 7.58.